The first-order chi connectivity index (χ1) is 14.8. The van der Waals surface area contributed by atoms with Gasteiger partial charge in [-0.25, -0.2) is 9.59 Å². The SMILES string of the molecule is CCCC(=O)Oc1cccc(C=C(CC)C(=O)Oc2ccc(C=C(C)C(=O)O)cc2)c1. The van der Waals surface area contributed by atoms with Crippen LogP contribution in [-0.2, 0) is 14.4 Å². The number of hydrogen-bond donors (Lipinski definition) is 1. The second-order valence-corrected chi connectivity index (χ2v) is 6.91. The van der Waals surface area contributed by atoms with Crippen molar-refractivity contribution in [2.75, 3.05) is 0 Å². The average Bonchev–Trinajstić information content (AvgIpc) is 2.73. The topological polar surface area (TPSA) is 89.9 Å². The Balaban J connectivity index is 2.11. The molecule has 0 saturated carbocycles. The van der Waals surface area contributed by atoms with Crippen LogP contribution in [0.1, 0.15) is 51.2 Å². The van der Waals surface area contributed by atoms with Crippen molar-refractivity contribution >= 4 is 30.1 Å². The molecule has 0 radical (unpaired) electrons. The summed E-state index contributed by atoms with van der Waals surface area (Å²) in [6.45, 7) is 5.26. The van der Waals surface area contributed by atoms with Crippen molar-refractivity contribution in [3.8, 4) is 11.5 Å². The fourth-order valence-electron chi connectivity index (χ4n) is 2.68. The third kappa shape index (κ3) is 7.59. The number of carbonyl (C=O) groups excluding carboxylic acids is 2. The quantitative estimate of drug-likeness (QED) is 0.336. The van der Waals surface area contributed by atoms with E-state index in [-0.39, 0.29) is 11.5 Å². The Hall–Kier alpha value is -3.67. The molecule has 6 nitrogen and oxygen atoms in total. The highest BCUT2D eigenvalue weighted by Gasteiger charge is 2.12. The summed E-state index contributed by atoms with van der Waals surface area (Å²) < 4.78 is 10.7. The van der Waals surface area contributed by atoms with Crippen molar-refractivity contribution in [3.63, 3.8) is 0 Å². The predicted octanol–water partition coefficient (Wildman–Crippen LogP) is 5.28. The zero-order valence-electron chi connectivity index (χ0n) is 17.9. The monoisotopic (exact) mass is 422 g/mol. The highest BCUT2D eigenvalue weighted by Crippen LogP contribution is 2.20. The first kappa shape index (κ1) is 23.6. The number of hydrogen-bond acceptors (Lipinski definition) is 5. The summed E-state index contributed by atoms with van der Waals surface area (Å²) in [7, 11) is 0. The van der Waals surface area contributed by atoms with Crippen molar-refractivity contribution in [3.05, 3.63) is 70.8 Å². The normalized spacial score (nSPS) is 11.7. The molecule has 0 aliphatic heterocycles. The molecular weight excluding hydrogens is 396 g/mol. The van der Waals surface area contributed by atoms with E-state index in [1.807, 2.05) is 19.9 Å². The Morgan fingerprint density at radius 1 is 0.903 bits per heavy atom. The summed E-state index contributed by atoms with van der Waals surface area (Å²) in [4.78, 5) is 35.2. The summed E-state index contributed by atoms with van der Waals surface area (Å²) >= 11 is 0. The van der Waals surface area contributed by atoms with Gasteiger partial charge in [0, 0.05) is 17.6 Å². The van der Waals surface area contributed by atoms with E-state index < -0.39 is 11.9 Å². The maximum absolute atomic E-state index is 12.6. The molecule has 0 heterocycles. The highest BCUT2D eigenvalue weighted by molar-refractivity contribution is 5.95. The zero-order valence-corrected chi connectivity index (χ0v) is 17.9. The smallest absolute Gasteiger partial charge is 0.339 e. The van der Waals surface area contributed by atoms with Gasteiger partial charge in [0.25, 0.3) is 0 Å². The molecule has 0 bridgehead atoms. The minimum absolute atomic E-state index is 0.212. The minimum atomic E-state index is -0.988. The molecule has 2 aromatic carbocycles. The van der Waals surface area contributed by atoms with E-state index in [4.69, 9.17) is 14.6 Å². The first-order valence-corrected chi connectivity index (χ1v) is 10.1. The summed E-state index contributed by atoms with van der Waals surface area (Å²) in [5.41, 5.74) is 2.09. The van der Waals surface area contributed by atoms with E-state index in [0.717, 1.165) is 5.56 Å². The molecule has 0 aromatic heterocycles. The Labute approximate surface area is 181 Å². The van der Waals surface area contributed by atoms with E-state index in [0.29, 0.717) is 41.9 Å². The first-order valence-electron chi connectivity index (χ1n) is 10.1. The number of benzene rings is 2. The fraction of sp³-hybridized carbons (Fsp3) is 0.240. The van der Waals surface area contributed by atoms with E-state index in [1.165, 1.54) is 13.0 Å². The molecule has 0 aliphatic carbocycles. The van der Waals surface area contributed by atoms with Crippen LogP contribution in [0.15, 0.2) is 59.7 Å². The van der Waals surface area contributed by atoms with Crippen LogP contribution in [0.25, 0.3) is 12.2 Å². The molecule has 0 saturated heterocycles. The number of carbonyl (C=O) groups is 3. The number of aliphatic carboxylic acids is 1. The number of ether oxygens (including phenoxy) is 2. The van der Waals surface area contributed by atoms with Gasteiger partial charge >= 0.3 is 17.9 Å². The van der Waals surface area contributed by atoms with Crippen LogP contribution in [0.5, 0.6) is 11.5 Å². The number of rotatable bonds is 9. The van der Waals surface area contributed by atoms with Gasteiger partial charge in [-0.2, -0.15) is 0 Å². The van der Waals surface area contributed by atoms with Crippen LogP contribution < -0.4 is 9.47 Å². The van der Waals surface area contributed by atoms with E-state index in [1.54, 1.807) is 48.5 Å². The molecule has 162 valence electrons. The third-order valence-corrected chi connectivity index (χ3v) is 4.34. The number of carboxylic acids is 1. The third-order valence-electron chi connectivity index (χ3n) is 4.34. The second-order valence-electron chi connectivity index (χ2n) is 6.91. The van der Waals surface area contributed by atoms with Crippen LogP contribution in [-0.4, -0.2) is 23.0 Å². The average molecular weight is 422 g/mol. The van der Waals surface area contributed by atoms with Crippen LogP contribution in [0.4, 0.5) is 0 Å². The molecule has 0 unspecified atom stereocenters. The fourth-order valence-corrected chi connectivity index (χ4v) is 2.68. The van der Waals surface area contributed by atoms with Crippen molar-refractivity contribution in [1.82, 2.24) is 0 Å². The van der Waals surface area contributed by atoms with Gasteiger partial charge in [-0.1, -0.05) is 38.1 Å². The molecule has 6 heteroatoms. The van der Waals surface area contributed by atoms with Crippen LogP contribution >= 0.6 is 0 Å². The maximum Gasteiger partial charge on any atom is 0.339 e. The Kier molecular flexibility index (Phi) is 8.76. The van der Waals surface area contributed by atoms with Gasteiger partial charge in [0.15, 0.2) is 0 Å². The molecular formula is C25H26O6. The second kappa shape index (κ2) is 11.5. The molecule has 0 fully saturated rings. The number of carboxylic acid groups (broad SMARTS) is 1. The summed E-state index contributed by atoms with van der Waals surface area (Å²) in [5, 5.41) is 8.94. The van der Waals surface area contributed by atoms with Gasteiger partial charge in [0.05, 0.1) is 0 Å². The molecule has 2 rings (SSSR count). The number of esters is 2. The standard InChI is InChI=1S/C25H26O6/c1-4-7-23(26)30-22-9-6-8-19(16-22)15-20(5-2)25(29)31-21-12-10-18(11-13-21)14-17(3)24(27)28/h6,8-16H,4-5,7H2,1-3H3,(H,27,28). The Morgan fingerprint density at radius 2 is 1.61 bits per heavy atom. The van der Waals surface area contributed by atoms with E-state index >= 15 is 0 Å². The van der Waals surface area contributed by atoms with Gasteiger partial charge < -0.3 is 14.6 Å². The summed E-state index contributed by atoms with van der Waals surface area (Å²) in [5.74, 6) is -0.984. The van der Waals surface area contributed by atoms with Crippen molar-refractivity contribution < 1.29 is 29.0 Å². The van der Waals surface area contributed by atoms with Gasteiger partial charge in [-0.15, -0.1) is 0 Å². The minimum Gasteiger partial charge on any atom is -0.478 e. The van der Waals surface area contributed by atoms with E-state index in [9.17, 15) is 14.4 Å². The molecule has 0 amide bonds. The summed E-state index contributed by atoms with van der Waals surface area (Å²) in [6, 6.07) is 13.5. The lowest BCUT2D eigenvalue weighted by Gasteiger charge is -2.08. The molecule has 0 aliphatic rings. The van der Waals surface area contributed by atoms with Crippen molar-refractivity contribution in [1.29, 1.82) is 0 Å². The lowest BCUT2D eigenvalue weighted by atomic mass is 10.1. The predicted molar refractivity (Wildman–Crippen MR) is 119 cm³/mol. The van der Waals surface area contributed by atoms with E-state index in [2.05, 4.69) is 0 Å². The highest BCUT2D eigenvalue weighted by atomic mass is 16.5. The zero-order chi connectivity index (χ0) is 22.8. The molecule has 2 aromatic rings. The molecule has 31 heavy (non-hydrogen) atoms. The Bertz CT molecular complexity index is 999. The van der Waals surface area contributed by atoms with Gasteiger partial charge in [-0.05, 0) is 67.3 Å². The van der Waals surface area contributed by atoms with Gasteiger partial charge in [0.2, 0.25) is 0 Å². The largest absolute Gasteiger partial charge is 0.478 e. The molecule has 0 atom stereocenters. The van der Waals surface area contributed by atoms with Crippen LogP contribution in [0, 0.1) is 0 Å². The van der Waals surface area contributed by atoms with Gasteiger partial charge in [0.1, 0.15) is 11.5 Å². The van der Waals surface area contributed by atoms with Crippen LogP contribution in [0.3, 0.4) is 0 Å². The molecule has 1 N–H and O–H groups in total. The molecule has 0 spiro atoms. The van der Waals surface area contributed by atoms with Crippen molar-refractivity contribution in [2.45, 2.75) is 40.0 Å². The summed E-state index contributed by atoms with van der Waals surface area (Å²) in [6.07, 6.45) is 4.74. The maximum atomic E-state index is 12.6. The lowest BCUT2D eigenvalue weighted by Crippen LogP contribution is -2.11. The van der Waals surface area contributed by atoms with Gasteiger partial charge in [-0.3, -0.25) is 4.79 Å². The Morgan fingerprint density at radius 3 is 2.23 bits per heavy atom. The van der Waals surface area contributed by atoms with Crippen molar-refractivity contribution in [2.24, 2.45) is 0 Å². The lowest BCUT2D eigenvalue weighted by molar-refractivity contribution is -0.134. The van der Waals surface area contributed by atoms with Crippen LogP contribution in [0.2, 0.25) is 0 Å².